The molecule has 0 aromatic heterocycles. The van der Waals surface area contributed by atoms with Crippen molar-refractivity contribution in [2.45, 2.75) is 19.1 Å². The van der Waals surface area contributed by atoms with Gasteiger partial charge < -0.3 is 10.5 Å². The van der Waals surface area contributed by atoms with Gasteiger partial charge in [0.1, 0.15) is 0 Å². The van der Waals surface area contributed by atoms with Gasteiger partial charge in [0.2, 0.25) is 0 Å². The molecule has 0 bridgehead atoms. The lowest BCUT2D eigenvalue weighted by atomic mass is 10.0. The predicted octanol–water partition coefficient (Wildman–Crippen LogP) is 3.14. The molecule has 1 aromatic carbocycles. The third-order valence-corrected chi connectivity index (χ3v) is 2.82. The van der Waals surface area contributed by atoms with E-state index in [-0.39, 0.29) is 12.1 Å². The molecule has 0 spiro atoms. The van der Waals surface area contributed by atoms with E-state index < -0.39 is 0 Å². The summed E-state index contributed by atoms with van der Waals surface area (Å²) in [7, 11) is 1.63. The highest BCUT2D eigenvalue weighted by Gasteiger charge is 2.18. The van der Waals surface area contributed by atoms with Crippen LogP contribution in [0.4, 0.5) is 0 Å². The van der Waals surface area contributed by atoms with Crippen LogP contribution >= 0.6 is 27.5 Å². The van der Waals surface area contributed by atoms with Gasteiger partial charge in [-0.15, -0.1) is 0 Å². The van der Waals surface area contributed by atoms with E-state index >= 15 is 0 Å². The molecular formula is C10H13BrClNO. The highest BCUT2D eigenvalue weighted by molar-refractivity contribution is 9.10. The molecule has 0 aliphatic carbocycles. The fourth-order valence-electron chi connectivity index (χ4n) is 1.36. The standard InChI is InChI=1S/C10H13BrClNO/c1-6(13)10(14-2)8-4-3-7(11)5-9(8)12/h3-6,10H,13H2,1-2H3. The summed E-state index contributed by atoms with van der Waals surface area (Å²) >= 11 is 9.43. The number of rotatable bonds is 3. The summed E-state index contributed by atoms with van der Waals surface area (Å²) in [6, 6.07) is 5.60. The molecule has 4 heteroatoms. The molecule has 0 heterocycles. The molecule has 78 valence electrons. The first-order chi connectivity index (χ1) is 6.56. The molecule has 2 N–H and O–H groups in total. The largest absolute Gasteiger partial charge is 0.375 e. The number of ether oxygens (including phenoxy) is 1. The van der Waals surface area contributed by atoms with Gasteiger partial charge in [0.15, 0.2) is 0 Å². The fraction of sp³-hybridized carbons (Fsp3) is 0.400. The summed E-state index contributed by atoms with van der Waals surface area (Å²) in [4.78, 5) is 0. The third-order valence-electron chi connectivity index (χ3n) is 2.00. The summed E-state index contributed by atoms with van der Waals surface area (Å²) in [5.74, 6) is 0. The van der Waals surface area contributed by atoms with E-state index in [0.29, 0.717) is 5.02 Å². The van der Waals surface area contributed by atoms with Gasteiger partial charge in [0.05, 0.1) is 6.10 Å². The quantitative estimate of drug-likeness (QED) is 0.922. The van der Waals surface area contributed by atoms with Crippen molar-refractivity contribution in [1.29, 1.82) is 0 Å². The van der Waals surface area contributed by atoms with Gasteiger partial charge in [-0.05, 0) is 19.1 Å². The van der Waals surface area contributed by atoms with Crippen LogP contribution in [0.2, 0.25) is 5.02 Å². The molecule has 0 amide bonds. The van der Waals surface area contributed by atoms with E-state index in [0.717, 1.165) is 10.0 Å². The Balaban J connectivity index is 3.04. The third kappa shape index (κ3) is 2.70. The van der Waals surface area contributed by atoms with Crippen molar-refractivity contribution in [3.05, 3.63) is 33.3 Å². The van der Waals surface area contributed by atoms with E-state index in [4.69, 9.17) is 22.1 Å². The maximum atomic E-state index is 6.08. The minimum Gasteiger partial charge on any atom is -0.375 e. The Kier molecular flexibility index (Phi) is 4.38. The Morgan fingerprint density at radius 2 is 2.14 bits per heavy atom. The Labute approximate surface area is 97.5 Å². The molecule has 14 heavy (non-hydrogen) atoms. The molecule has 1 aromatic rings. The molecule has 2 nitrogen and oxygen atoms in total. The zero-order valence-electron chi connectivity index (χ0n) is 8.13. The first-order valence-electron chi connectivity index (χ1n) is 4.29. The van der Waals surface area contributed by atoms with Crippen molar-refractivity contribution in [2.24, 2.45) is 5.73 Å². The number of hydrogen-bond donors (Lipinski definition) is 1. The molecule has 0 aliphatic rings. The lowest BCUT2D eigenvalue weighted by Crippen LogP contribution is -2.26. The van der Waals surface area contributed by atoms with Crippen LogP contribution in [-0.2, 0) is 4.74 Å². The van der Waals surface area contributed by atoms with Gasteiger partial charge in [-0.1, -0.05) is 33.6 Å². The molecule has 1 rings (SSSR count). The second kappa shape index (κ2) is 5.12. The van der Waals surface area contributed by atoms with Gasteiger partial charge in [0, 0.05) is 28.2 Å². The summed E-state index contributed by atoms with van der Waals surface area (Å²) < 4.78 is 6.24. The Hall–Kier alpha value is -0.0900. The van der Waals surface area contributed by atoms with Crippen molar-refractivity contribution in [3.63, 3.8) is 0 Å². The average molecular weight is 279 g/mol. The summed E-state index contributed by atoms with van der Waals surface area (Å²) in [6.07, 6.45) is -0.157. The summed E-state index contributed by atoms with van der Waals surface area (Å²) in [6.45, 7) is 1.90. The molecule has 0 fully saturated rings. The SMILES string of the molecule is COC(c1ccc(Br)cc1Cl)C(C)N. The normalized spacial score (nSPS) is 15.2. The van der Waals surface area contributed by atoms with Crippen molar-refractivity contribution in [2.75, 3.05) is 7.11 Å². The smallest absolute Gasteiger partial charge is 0.0983 e. The average Bonchev–Trinajstić information content (AvgIpc) is 2.09. The van der Waals surface area contributed by atoms with E-state index in [1.807, 2.05) is 25.1 Å². The molecule has 0 saturated heterocycles. The Morgan fingerprint density at radius 1 is 1.50 bits per heavy atom. The maximum absolute atomic E-state index is 6.08. The van der Waals surface area contributed by atoms with Gasteiger partial charge in [0.25, 0.3) is 0 Å². The number of halogens is 2. The first kappa shape index (κ1) is 12.0. The van der Waals surface area contributed by atoms with Crippen molar-refractivity contribution < 1.29 is 4.74 Å². The predicted molar refractivity (Wildman–Crippen MR) is 62.6 cm³/mol. The van der Waals surface area contributed by atoms with Gasteiger partial charge in [-0.3, -0.25) is 0 Å². The van der Waals surface area contributed by atoms with Gasteiger partial charge in [-0.25, -0.2) is 0 Å². The highest BCUT2D eigenvalue weighted by atomic mass is 79.9. The maximum Gasteiger partial charge on any atom is 0.0983 e. The van der Waals surface area contributed by atoms with Crippen LogP contribution in [0.1, 0.15) is 18.6 Å². The summed E-state index contributed by atoms with van der Waals surface area (Å²) in [5.41, 5.74) is 6.71. The molecule has 0 saturated carbocycles. The summed E-state index contributed by atoms with van der Waals surface area (Å²) in [5, 5.41) is 0.670. The topological polar surface area (TPSA) is 35.2 Å². The second-order valence-electron chi connectivity index (χ2n) is 3.18. The Bertz CT molecular complexity index is 317. The minimum absolute atomic E-state index is 0.0846. The number of methoxy groups -OCH3 is 1. The van der Waals surface area contributed by atoms with Crippen molar-refractivity contribution in [3.8, 4) is 0 Å². The molecule has 0 aliphatic heterocycles. The van der Waals surface area contributed by atoms with Crippen LogP contribution < -0.4 is 5.73 Å². The number of benzene rings is 1. The second-order valence-corrected chi connectivity index (χ2v) is 4.50. The fourth-order valence-corrected chi connectivity index (χ4v) is 2.14. The zero-order chi connectivity index (χ0) is 10.7. The van der Waals surface area contributed by atoms with Gasteiger partial charge in [-0.2, -0.15) is 0 Å². The molecule has 2 unspecified atom stereocenters. The van der Waals surface area contributed by atoms with E-state index in [1.54, 1.807) is 7.11 Å². The van der Waals surface area contributed by atoms with Crippen molar-refractivity contribution in [1.82, 2.24) is 0 Å². The van der Waals surface area contributed by atoms with Crippen LogP contribution in [-0.4, -0.2) is 13.2 Å². The first-order valence-corrected chi connectivity index (χ1v) is 5.46. The Morgan fingerprint density at radius 3 is 2.57 bits per heavy atom. The monoisotopic (exact) mass is 277 g/mol. The van der Waals surface area contributed by atoms with E-state index in [9.17, 15) is 0 Å². The van der Waals surface area contributed by atoms with Crippen molar-refractivity contribution >= 4 is 27.5 Å². The molecule has 0 radical (unpaired) electrons. The van der Waals surface area contributed by atoms with Crippen LogP contribution in [0.3, 0.4) is 0 Å². The van der Waals surface area contributed by atoms with Gasteiger partial charge >= 0.3 is 0 Å². The molecular weight excluding hydrogens is 265 g/mol. The van der Waals surface area contributed by atoms with Crippen LogP contribution in [0.5, 0.6) is 0 Å². The number of nitrogens with two attached hydrogens (primary N) is 1. The van der Waals surface area contributed by atoms with Crippen LogP contribution in [0.15, 0.2) is 22.7 Å². The highest BCUT2D eigenvalue weighted by Crippen LogP contribution is 2.29. The lowest BCUT2D eigenvalue weighted by Gasteiger charge is -2.20. The number of hydrogen-bond acceptors (Lipinski definition) is 2. The van der Waals surface area contributed by atoms with E-state index in [1.165, 1.54) is 0 Å². The van der Waals surface area contributed by atoms with Crippen LogP contribution in [0, 0.1) is 0 Å². The minimum atomic E-state index is -0.157. The molecule has 2 atom stereocenters. The zero-order valence-corrected chi connectivity index (χ0v) is 10.5. The van der Waals surface area contributed by atoms with E-state index in [2.05, 4.69) is 15.9 Å². The van der Waals surface area contributed by atoms with Crippen LogP contribution in [0.25, 0.3) is 0 Å². The lowest BCUT2D eigenvalue weighted by molar-refractivity contribution is 0.0854.